The van der Waals surface area contributed by atoms with Crippen LogP contribution in [-0.2, 0) is 6.42 Å². The number of aldehydes is 1. The van der Waals surface area contributed by atoms with E-state index in [4.69, 9.17) is 0 Å². The van der Waals surface area contributed by atoms with E-state index in [0.29, 0.717) is 0 Å². The predicted molar refractivity (Wildman–Crippen MR) is 82.6 cm³/mol. The first kappa shape index (κ1) is 16.1. The zero-order valence-corrected chi connectivity index (χ0v) is 13.3. The molecule has 5 heteroatoms. The lowest BCUT2D eigenvalue weighted by Crippen LogP contribution is -2.26. The van der Waals surface area contributed by atoms with Crippen LogP contribution in [0.2, 0.25) is 0 Å². The molecule has 0 aromatic carbocycles. The molecule has 0 saturated carbocycles. The molecule has 19 heavy (non-hydrogen) atoms. The molecule has 0 radical (unpaired) electrons. The molecule has 1 rings (SSSR count). The van der Waals surface area contributed by atoms with Gasteiger partial charge in [0.1, 0.15) is 0 Å². The molecule has 0 N–H and O–H groups in total. The fraction of sp³-hybridized carbons (Fsp3) is 0.714. The molecular weight excluding hydrogens is 258 g/mol. The zero-order chi connectivity index (χ0) is 14.3. The number of aryl methyl sites for hydroxylation is 1. The summed E-state index contributed by atoms with van der Waals surface area (Å²) in [5.41, 5.74) is 0.962. The quantitative estimate of drug-likeness (QED) is 0.653. The van der Waals surface area contributed by atoms with Crippen LogP contribution in [0, 0.1) is 0 Å². The Balaban J connectivity index is 2.71. The maximum absolute atomic E-state index is 11.1. The lowest BCUT2D eigenvalue weighted by atomic mass is 10.2. The number of carbonyl (C=O) groups is 1. The van der Waals surface area contributed by atoms with E-state index in [1.807, 2.05) is 0 Å². The Morgan fingerprint density at radius 3 is 2.53 bits per heavy atom. The van der Waals surface area contributed by atoms with Crippen molar-refractivity contribution in [3.8, 4) is 0 Å². The van der Waals surface area contributed by atoms with E-state index in [1.54, 1.807) is 0 Å². The van der Waals surface area contributed by atoms with Gasteiger partial charge in [-0.1, -0.05) is 24.7 Å². The van der Waals surface area contributed by atoms with Crippen LogP contribution in [0.15, 0.2) is 0 Å². The van der Waals surface area contributed by atoms with Gasteiger partial charge in [0.25, 0.3) is 0 Å². The van der Waals surface area contributed by atoms with Crippen LogP contribution in [0.25, 0.3) is 0 Å². The zero-order valence-electron chi connectivity index (χ0n) is 12.5. The van der Waals surface area contributed by atoms with Gasteiger partial charge in [0.05, 0.1) is 10.6 Å². The Morgan fingerprint density at radius 1 is 1.26 bits per heavy atom. The fourth-order valence-corrected chi connectivity index (χ4v) is 2.98. The predicted octanol–water partition coefficient (Wildman–Crippen LogP) is 2.69. The Bertz CT molecular complexity index is 390. The Kier molecular flexibility index (Phi) is 7.02. The second kappa shape index (κ2) is 8.27. The van der Waals surface area contributed by atoms with E-state index < -0.39 is 0 Å². The van der Waals surface area contributed by atoms with Crippen molar-refractivity contribution in [1.82, 2.24) is 9.88 Å². The van der Waals surface area contributed by atoms with Crippen LogP contribution in [0.1, 0.15) is 42.1 Å². The molecule has 1 aromatic rings. The molecule has 0 unspecified atom stereocenters. The molecule has 1 aromatic heterocycles. The summed E-state index contributed by atoms with van der Waals surface area (Å²) < 4.78 is 0. The van der Waals surface area contributed by atoms with Gasteiger partial charge in [-0.15, -0.1) is 0 Å². The number of anilines is 1. The molecule has 0 aliphatic carbocycles. The summed E-state index contributed by atoms with van der Waals surface area (Å²) in [5, 5.41) is 0.992. The van der Waals surface area contributed by atoms with Crippen molar-refractivity contribution in [2.24, 2.45) is 0 Å². The molecule has 108 valence electrons. The van der Waals surface area contributed by atoms with Gasteiger partial charge in [-0.05, 0) is 40.4 Å². The van der Waals surface area contributed by atoms with Crippen LogP contribution < -0.4 is 4.90 Å². The van der Waals surface area contributed by atoms with E-state index in [0.717, 1.165) is 60.9 Å². The van der Waals surface area contributed by atoms with Crippen LogP contribution >= 0.6 is 11.3 Å². The van der Waals surface area contributed by atoms with Crippen molar-refractivity contribution in [2.75, 3.05) is 38.6 Å². The first-order valence-corrected chi connectivity index (χ1v) is 7.78. The Morgan fingerprint density at radius 2 is 2.00 bits per heavy atom. The third-order valence-electron chi connectivity index (χ3n) is 3.00. The summed E-state index contributed by atoms with van der Waals surface area (Å²) in [7, 11) is 4.17. The fourth-order valence-electron chi connectivity index (χ4n) is 1.96. The third-order valence-corrected chi connectivity index (χ3v) is 4.08. The summed E-state index contributed by atoms with van der Waals surface area (Å²) in [6.45, 7) is 7.25. The van der Waals surface area contributed by atoms with Crippen LogP contribution in [0.5, 0.6) is 0 Å². The van der Waals surface area contributed by atoms with E-state index in [-0.39, 0.29) is 0 Å². The molecule has 1 heterocycles. The molecule has 0 aliphatic heterocycles. The molecule has 0 fully saturated rings. The van der Waals surface area contributed by atoms with Crippen LogP contribution in [-0.4, -0.2) is 49.9 Å². The molecule has 0 spiro atoms. The van der Waals surface area contributed by atoms with E-state index in [9.17, 15) is 4.79 Å². The minimum Gasteiger partial charge on any atom is -0.348 e. The highest BCUT2D eigenvalue weighted by Gasteiger charge is 2.14. The maximum Gasteiger partial charge on any atom is 0.186 e. The van der Waals surface area contributed by atoms with Crippen molar-refractivity contribution >= 4 is 22.8 Å². The summed E-state index contributed by atoms with van der Waals surface area (Å²) >= 11 is 1.52. The second-order valence-corrected chi connectivity index (χ2v) is 5.92. The summed E-state index contributed by atoms with van der Waals surface area (Å²) in [6, 6.07) is 0. The number of thiazole rings is 1. The minimum absolute atomic E-state index is 0.794. The molecule has 0 atom stereocenters. The highest BCUT2D eigenvalue weighted by molar-refractivity contribution is 7.17. The number of aromatic nitrogens is 1. The lowest BCUT2D eigenvalue weighted by Gasteiger charge is -2.20. The average molecular weight is 283 g/mol. The van der Waals surface area contributed by atoms with Crippen molar-refractivity contribution in [2.45, 2.75) is 33.1 Å². The standard InChI is InChI=1S/C14H25N3OS/c1-5-8-12-13(11-18)19-14(15-12)17(6-2)10-7-9-16(3)4/h11H,5-10H2,1-4H3. The first-order valence-electron chi connectivity index (χ1n) is 6.96. The highest BCUT2D eigenvalue weighted by Crippen LogP contribution is 2.26. The van der Waals surface area contributed by atoms with E-state index in [2.05, 4.69) is 42.7 Å². The van der Waals surface area contributed by atoms with Gasteiger partial charge < -0.3 is 9.80 Å². The Labute approximate surface area is 120 Å². The van der Waals surface area contributed by atoms with Gasteiger partial charge in [0.15, 0.2) is 11.4 Å². The number of carbonyl (C=O) groups excluding carboxylic acids is 1. The minimum atomic E-state index is 0.794. The topological polar surface area (TPSA) is 36.4 Å². The molecule has 0 saturated heterocycles. The summed E-state index contributed by atoms with van der Waals surface area (Å²) in [4.78, 5) is 21.0. The number of hydrogen-bond acceptors (Lipinski definition) is 5. The average Bonchev–Trinajstić information content (AvgIpc) is 2.78. The van der Waals surface area contributed by atoms with Crippen molar-refractivity contribution < 1.29 is 4.79 Å². The number of hydrogen-bond donors (Lipinski definition) is 0. The van der Waals surface area contributed by atoms with E-state index >= 15 is 0 Å². The van der Waals surface area contributed by atoms with Crippen molar-refractivity contribution in [3.05, 3.63) is 10.6 Å². The molecular formula is C14H25N3OS. The molecule has 4 nitrogen and oxygen atoms in total. The van der Waals surface area contributed by atoms with Gasteiger partial charge in [-0.25, -0.2) is 4.98 Å². The number of rotatable bonds is 9. The molecule has 0 amide bonds. The SMILES string of the molecule is CCCc1nc(N(CC)CCCN(C)C)sc1C=O. The monoisotopic (exact) mass is 283 g/mol. The first-order chi connectivity index (χ1) is 9.12. The number of nitrogens with zero attached hydrogens (tertiary/aromatic N) is 3. The third kappa shape index (κ3) is 4.91. The summed E-state index contributed by atoms with van der Waals surface area (Å²) in [5.74, 6) is 0. The molecule has 0 aliphatic rings. The molecule has 0 bridgehead atoms. The van der Waals surface area contributed by atoms with Gasteiger partial charge in [-0.2, -0.15) is 0 Å². The van der Waals surface area contributed by atoms with E-state index in [1.165, 1.54) is 11.3 Å². The lowest BCUT2D eigenvalue weighted by molar-refractivity contribution is 0.112. The van der Waals surface area contributed by atoms with Gasteiger partial charge in [0.2, 0.25) is 0 Å². The second-order valence-electron chi connectivity index (χ2n) is 4.91. The normalized spacial score (nSPS) is 11.0. The van der Waals surface area contributed by atoms with Crippen molar-refractivity contribution in [1.29, 1.82) is 0 Å². The highest BCUT2D eigenvalue weighted by atomic mass is 32.1. The van der Waals surface area contributed by atoms with Gasteiger partial charge >= 0.3 is 0 Å². The van der Waals surface area contributed by atoms with Gasteiger partial charge in [-0.3, -0.25) is 4.79 Å². The van der Waals surface area contributed by atoms with Crippen molar-refractivity contribution in [3.63, 3.8) is 0 Å². The van der Waals surface area contributed by atoms with Gasteiger partial charge in [0, 0.05) is 13.1 Å². The van der Waals surface area contributed by atoms with Crippen LogP contribution in [0.3, 0.4) is 0 Å². The summed E-state index contributed by atoms with van der Waals surface area (Å²) in [6.07, 6.45) is 3.97. The maximum atomic E-state index is 11.1. The largest absolute Gasteiger partial charge is 0.348 e. The Hall–Kier alpha value is -0.940. The van der Waals surface area contributed by atoms with Crippen LogP contribution in [0.4, 0.5) is 5.13 Å². The smallest absolute Gasteiger partial charge is 0.186 e.